The Kier molecular flexibility index (Phi) is 5.90. The number of allylic oxidation sites excluding steroid dienone is 4. The van der Waals surface area contributed by atoms with Crippen molar-refractivity contribution in [3.63, 3.8) is 0 Å². The van der Waals surface area contributed by atoms with Crippen LogP contribution in [0.1, 0.15) is 48.3 Å². The number of para-hydroxylation sites is 1. The monoisotopic (exact) mass is 489 g/mol. The molecule has 0 bridgehead atoms. The van der Waals surface area contributed by atoms with Crippen molar-refractivity contribution in [1.29, 1.82) is 0 Å². The number of hydrogen-bond acceptors (Lipinski definition) is 1. The lowest BCUT2D eigenvalue weighted by Gasteiger charge is -2.38. The summed E-state index contributed by atoms with van der Waals surface area (Å²) in [6.45, 7) is 0. The molecule has 0 fully saturated rings. The Balaban J connectivity index is 1.47. The van der Waals surface area contributed by atoms with Gasteiger partial charge in [-0.3, -0.25) is 0 Å². The van der Waals surface area contributed by atoms with Gasteiger partial charge in [-0.1, -0.05) is 109 Å². The summed E-state index contributed by atoms with van der Waals surface area (Å²) in [7, 11) is 0. The molecule has 0 saturated carbocycles. The summed E-state index contributed by atoms with van der Waals surface area (Å²) in [6.07, 6.45) is 9.19. The van der Waals surface area contributed by atoms with E-state index in [9.17, 15) is 0 Å². The lowest BCUT2D eigenvalue weighted by atomic mass is 9.80. The Morgan fingerprint density at radius 3 is 1.37 bits per heavy atom. The fraction of sp³-hybridized carbons (Fsp3) is 0.135. The molecule has 38 heavy (non-hydrogen) atoms. The van der Waals surface area contributed by atoms with Crippen LogP contribution in [-0.4, -0.2) is 0 Å². The van der Waals surface area contributed by atoms with E-state index >= 15 is 0 Å². The van der Waals surface area contributed by atoms with Crippen LogP contribution in [0.4, 0.5) is 5.69 Å². The molecule has 1 heteroatoms. The van der Waals surface area contributed by atoms with E-state index in [0.29, 0.717) is 5.92 Å². The predicted octanol–water partition coefficient (Wildman–Crippen LogP) is 9.55. The maximum absolute atomic E-state index is 2.60. The second-order valence-corrected chi connectivity index (χ2v) is 10.4. The Morgan fingerprint density at radius 1 is 0.474 bits per heavy atom. The summed E-state index contributed by atoms with van der Waals surface area (Å²) in [5.74, 6) is 0.338. The molecule has 0 saturated heterocycles. The number of nitrogens with zero attached hydrogens (tertiary/aromatic N) is 1. The lowest BCUT2D eigenvalue weighted by molar-refractivity contribution is 0.789. The SMILES string of the molecule is C(=C1/CCC2=C1N(c1ccccc1)C1=C(CC/C1=C\c1ccccc1)C2c1ccccc1)/c1ccccc1. The summed E-state index contributed by atoms with van der Waals surface area (Å²) < 4.78 is 0. The van der Waals surface area contributed by atoms with Crippen molar-refractivity contribution in [1.82, 2.24) is 0 Å². The Labute approximate surface area is 225 Å². The molecule has 0 aromatic heterocycles. The van der Waals surface area contributed by atoms with Crippen molar-refractivity contribution in [3.05, 3.63) is 172 Å². The molecule has 0 amide bonds. The summed E-state index contributed by atoms with van der Waals surface area (Å²) in [6, 6.07) is 43.8. The van der Waals surface area contributed by atoms with Gasteiger partial charge in [0.2, 0.25) is 0 Å². The average Bonchev–Trinajstić information content (AvgIpc) is 3.58. The van der Waals surface area contributed by atoms with Crippen LogP contribution in [0.3, 0.4) is 0 Å². The minimum Gasteiger partial charge on any atom is -0.310 e. The van der Waals surface area contributed by atoms with E-state index in [1.54, 1.807) is 11.1 Å². The van der Waals surface area contributed by atoms with Gasteiger partial charge in [-0.15, -0.1) is 0 Å². The van der Waals surface area contributed by atoms with Gasteiger partial charge >= 0.3 is 0 Å². The van der Waals surface area contributed by atoms with E-state index in [1.165, 1.54) is 44.9 Å². The first-order valence-corrected chi connectivity index (χ1v) is 13.7. The zero-order chi connectivity index (χ0) is 25.3. The molecule has 1 heterocycles. The molecule has 0 N–H and O–H groups in total. The van der Waals surface area contributed by atoms with Crippen LogP contribution in [-0.2, 0) is 0 Å². The first-order chi connectivity index (χ1) is 18.9. The number of rotatable bonds is 4. The lowest BCUT2D eigenvalue weighted by Crippen LogP contribution is -2.29. The maximum Gasteiger partial charge on any atom is 0.0495 e. The van der Waals surface area contributed by atoms with Gasteiger partial charge in [-0.2, -0.15) is 0 Å². The smallest absolute Gasteiger partial charge is 0.0495 e. The summed E-state index contributed by atoms with van der Waals surface area (Å²) in [4.78, 5) is 2.60. The first kappa shape index (κ1) is 22.8. The first-order valence-electron chi connectivity index (χ1n) is 13.7. The maximum atomic E-state index is 2.60. The normalized spacial score (nSPS) is 19.4. The van der Waals surface area contributed by atoms with Crippen molar-refractivity contribution in [2.45, 2.75) is 31.6 Å². The van der Waals surface area contributed by atoms with Gasteiger partial charge in [-0.25, -0.2) is 0 Å². The summed E-state index contributed by atoms with van der Waals surface area (Å²) in [5, 5.41) is 0. The second-order valence-electron chi connectivity index (χ2n) is 10.4. The highest BCUT2D eigenvalue weighted by Crippen LogP contribution is 2.56. The molecule has 4 aromatic carbocycles. The number of anilines is 1. The van der Waals surface area contributed by atoms with Gasteiger partial charge in [0.15, 0.2) is 0 Å². The van der Waals surface area contributed by atoms with Crippen molar-refractivity contribution in [2.24, 2.45) is 0 Å². The van der Waals surface area contributed by atoms with Crippen molar-refractivity contribution in [2.75, 3.05) is 4.90 Å². The summed E-state index contributed by atoms with van der Waals surface area (Å²) >= 11 is 0. The Hall–Kier alpha value is -4.36. The van der Waals surface area contributed by atoms with Crippen molar-refractivity contribution in [3.8, 4) is 0 Å². The molecule has 0 atom stereocenters. The standard InChI is InChI=1S/C37H31N/c1-5-13-27(14-6-1)25-30-21-23-33-35(29-17-9-3-10-18-29)34-24-22-31(26-28-15-7-2-8-16-28)37(34)38(36(30)33)32-19-11-4-12-20-32/h1-20,25-26,35H,21-24H2/b30-25+,31-26+. The van der Waals surface area contributed by atoms with Crippen LogP contribution in [0, 0.1) is 0 Å². The number of benzene rings is 4. The van der Waals surface area contributed by atoms with E-state index in [1.807, 2.05) is 0 Å². The van der Waals surface area contributed by atoms with E-state index in [0.717, 1.165) is 25.7 Å². The molecule has 0 spiro atoms. The molecule has 0 unspecified atom stereocenters. The van der Waals surface area contributed by atoms with E-state index in [2.05, 4.69) is 138 Å². The van der Waals surface area contributed by atoms with Crippen LogP contribution in [0.5, 0.6) is 0 Å². The van der Waals surface area contributed by atoms with Gasteiger partial charge in [0, 0.05) is 23.0 Å². The molecular weight excluding hydrogens is 458 g/mol. The predicted molar refractivity (Wildman–Crippen MR) is 159 cm³/mol. The fourth-order valence-corrected chi connectivity index (χ4v) is 6.55. The van der Waals surface area contributed by atoms with Crippen LogP contribution in [0.15, 0.2) is 155 Å². The van der Waals surface area contributed by atoms with Gasteiger partial charge in [0.25, 0.3) is 0 Å². The minimum absolute atomic E-state index is 0.338. The van der Waals surface area contributed by atoms with Crippen LogP contribution < -0.4 is 4.90 Å². The highest BCUT2D eigenvalue weighted by molar-refractivity contribution is 5.80. The van der Waals surface area contributed by atoms with Gasteiger partial charge in [-0.05, 0) is 89.0 Å². The van der Waals surface area contributed by atoms with Crippen LogP contribution in [0.25, 0.3) is 12.2 Å². The molecule has 3 aliphatic rings. The highest BCUT2D eigenvalue weighted by Gasteiger charge is 2.42. The van der Waals surface area contributed by atoms with E-state index in [4.69, 9.17) is 0 Å². The summed E-state index contributed by atoms with van der Waals surface area (Å²) in [5.41, 5.74) is 14.1. The third-order valence-electron chi connectivity index (χ3n) is 8.12. The zero-order valence-corrected chi connectivity index (χ0v) is 21.6. The van der Waals surface area contributed by atoms with E-state index in [-0.39, 0.29) is 0 Å². The fourth-order valence-electron chi connectivity index (χ4n) is 6.55. The minimum atomic E-state index is 0.338. The molecule has 7 rings (SSSR count). The topological polar surface area (TPSA) is 3.24 Å². The quantitative estimate of drug-likeness (QED) is 0.276. The largest absolute Gasteiger partial charge is 0.310 e. The molecule has 4 aromatic rings. The zero-order valence-electron chi connectivity index (χ0n) is 21.6. The van der Waals surface area contributed by atoms with Crippen molar-refractivity contribution >= 4 is 17.8 Å². The van der Waals surface area contributed by atoms with Gasteiger partial charge < -0.3 is 4.90 Å². The third-order valence-corrected chi connectivity index (χ3v) is 8.12. The molecule has 1 nitrogen and oxygen atoms in total. The van der Waals surface area contributed by atoms with Crippen LogP contribution in [0.2, 0.25) is 0 Å². The van der Waals surface area contributed by atoms with Gasteiger partial charge in [0.05, 0.1) is 0 Å². The molecule has 2 aliphatic carbocycles. The Morgan fingerprint density at radius 2 is 0.895 bits per heavy atom. The molecular formula is C37H31N. The molecule has 0 radical (unpaired) electrons. The number of hydrogen-bond donors (Lipinski definition) is 0. The van der Waals surface area contributed by atoms with Crippen molar-refractivity contribution < 1.29 is 0 Å². The third kappa shape index (κ3) is 4.05. The highest BCUT2D eigenvalue weighted by atomic mass is 15.2. The average molecular weight is 490 g/mol. The molecule has 184 valence electrons. The van der Waals surface area contributed by atoms with E-state index < -0.39 is 0 Å². The Bertz CT molecular complexity index is 1490. The second kappa shape index (κ2) is 9.84. The van der Waals surface area contributed by atoms with Crippen LogP contribution >= 0.6 is 0 Å². The molecule has 1 aliphatic heterocycles. The van der Waals surface area contributed by atoms with Gasteiger partial charge in [0.1, 0.15) is 0 Å².